The summed E-state index contributed by atoms with van der Waals surface area (Å²) in [6, 6.07) is 20.3. The van der Waals surface area contributed by atoms with Crippen molar-refractivity contribution < 1.29 is 4.74 Å². The Bertz CT molecular complexity index is 1100. The minimum Gasteiger partial charge on any atom is -0.497 e. The van der Waals surface area contributed by atoms with Crippen LogP contribution in [0.5, 0.6) is 5.75 Å². The monoisotopic (exact) mass is 419 g/mol. The zero-order chi connectivity index (χ0) is 18.6. The lowest BCUT2D eigenvalue weighted by molar-refractivity contribution is 0.414. The Kier molecular flexibility index (Phi) is 5.03. The molecule has 4 rings (SSSR count). The van der Waals surface area contributed by atoms with Crippen LogP contribution in [0.25, 0.3) is 23.1 Å². The average molecular weight is 420 g/mol. The van der Waals surface area contributed by atoms with Crippen molar-refractivity contribution in [1.29, 1.82) is 0 Å². The molecule has 5 heteroatoms. The van der Waals surface area contributed by atoms with Crippen LogP contribution < -0.4 is 4.74 Å². The number of benzene rings is 2. The first kappa shape index (κ1) is 17.5. The van der Waals surface area contributed by atoms with Crippen molar-refractivity contribution >= 4 is 39.0 Å². The minimum atomic E-state index is 0.730. The van der Waals surface area contributed by atoms with Gasteiger partial charge < -0.3 is 9.30 Å². The van der Waals surface area contributed by atoms with Crippen LogP contribution in [0, 0.1) is 0 Å². The van der Waals surface area contributed by atoms with Crippen LogP contribution in [0.3, 0.4) is 0 Å². The van der Waals surface area contributed by atoms with E-state index < -0.39 is 0 Å². The van der Waals surface area contributed by atoms with E-state index in [1.54, 1.807) is 7.11 Å². The van der Waals surface area contributed by atoms with Crippen LogP contribution in [0.15, 0.2) is 71.5 Å². The highest BCUT2D eigenvalue weighted by Crippen LogP contribution is 2.18. The van der Waals surface area contributed by atoms with Crippen LogP contribution >= 0.6 is 15.9 Å². The molecule has 0 saturated heterocycles. The zero-order valence-electron chi connectivity index (χ0n) is 14.8. The largest absolute Gasteiger partial charge is 0.497 e. The Labute approximate surface area is 166 Å². The summed E-state index contributed by atoms with van der Waals surface area (Å²) >= 11 is 3.48. The first-order chi connectivity index (χ1) is 13.2. The van der Waals surface area contributed by atoms with Crippen molar-refractivity contribution in [3.05, 3.63) is 88.5 Å². The van der Waals surface area contributed by atoms with Gasteiger partial charge in [-0.15, -0.1) is 0 Å². The van der Waals surface area contributed by atoms with Gasteiger partial charge in [0.15, 0.2) is 0 Å². The normalized spacial score (nSPS) is 11.3. The predicted octanol–water partition coefficient (Wildman–Crippen LogP) is 5.42. The summed E-state index contributed by atoms with van der Waals surface area (Å²) < 4.78 is 8.13. The number of rotatable bonds is 5. The van der Waals surface area contributed by atoms with E-state index in [0.717, 1.165) is 39.3 Å². The Morgan fingerprint density at radius 1 is 0.963 bits per heavy atom. The van der Waals surface area contributed by atoms with Crippen molar-refractivity contribution in [1.82, 2.24) is 14.5 Å². The number of methoxy groups -OCH3 is 1. The summed E-state index contributed by atoms with van der Waals surface area (Å²) in [5.74, 6) is 1.72. The van der Waals surface area contributed by atoms with Gasteiger partial charge in [0, 0.05) is 18.1 Å². The van der Waals surface area contributed by atoms with Crippen LogP contribution in [-0.4, -0.2) is 21.6 Å². The fourth-order valence-electron chi connectivity index (χ4n) is 2.92. The fraction of sp³-hybridized carbons (Fsp3) is 0.0909. The van der Waals surface area contributed by atoms with E-state index >= 15 is 0 Å². The summed E-state index contributed by atoms with van der Waals surface area (Å²) in [7, 11) is 1.67. The molecular formula is C22H18BrN3O. The molecule has 0 N–H and O–H groups in total. The van der Waals surface area contributed by atoms with Gasteiger partial charge in [0.1, 0.15) is 16.2 Å². The van der Waals surface area contributed by atoms with E-state index in [1.165, 1.54) is 5.56 Å². The van der Waals surface area contributed by atoms with Gasteiger partial charge >= 0.3 is 0 Å². The van der Waals surface area contributed by atoms with Crippen molar-refractivity contribution in [2.24, 2.45) is 0 Å². The molecule has 0 saturated carbocycles. The Balaban J connectivity index is 1.58. The fourth-order valence-corrected chi connectivity index (χ4v) is 3.35. The topological polar surface area (TPSA) is 39.9 Å². The molecule has 0 atom stereocenters. The van der Waals surface area contributed by atoms with Gasteiger partial charge in [-0.2, -0.15) is 0 Å². The molecule has 2 aromatic heterocycles. The number of hydrogen-bond donors (Lipinski definition) is 0. The number of pyridine rings is 1. The highest BCUT2D eigenvalue weighted by Gasteiger charge is 2.05. The summed E-state index contributed by atoms with van der Waals surface area (Å²) in [6.07, 6.45) is 5.97. The van der Waals surface area contributed by atoms with E-state index in [4.69, 9.17) is 4.74 Å². The second kappa shape index (κ2) is 7.76. The van der Waals surface area contributed by atoms with Gasteiger partial charge in [-0.3, -0.25) is 0 Å². The maximum atomic E-state index is 5.22. The number of hydrogen-bond acceptors (Lipinski definition) is 3. The summed E-state index contributed by atoms with van der Waals surface area (Å²) in [5, 5.41) is 1.14. The van der Waals surface area contributed by atoms with Crippen LogP contribution in [-0.2, 0) is 6.54 Å². The SMILES string of the molecule is COc1ccc(Cn2cc(Br)nc2/C=C/c2ccc3ccccc3n2)cc1. The summed E-state index contributed by atoms with van der Waals surface area (Å²) in [4.78, 5) is 9.24. The summed E-state index contributed by atoms with van der Waals surface area (Å²) in [5.41, 5.74) is 3.07. The third-order valence-corrected chi connectivity index (χ3v) is 4.70. The number of aromatic nitrogens is 3. The molecule has 0 spiro atoms. The molecule has 0 aliphatic heterocycles. The van der Waals surface area contributed by atoms with Gasteiger partial charge in [-0.25, -0.2) is 9.97 Å². The molecule has 0 radical (unpaired) electrons. The van der Waals surface area contributed by atoms with Crippen molar-refractivity contribution in [2.75, 3.05) is 7.11 Å². The van der Waals surface area contributed by atoms with Crippen molar-refractivity contribution in [3.8, 4) is 5.75 Å². The van der Waals surface area contributed by atoms with Gasteiger partial charge in [-0.1, -0.05) is 36.4 Å². The number of fused-ring (bicyclic) bond motifs is 1. The van der Waals surface area contributed by atoms with E-state index in [9.17, 15) is 0 Å². The highest BCUT2D eigenvalue weighted by atomic mass is 79.9. The Morgan fingerprint density at radius 2 is 1.78 bits per heavy atom. The number of nitrogens with zero attached hydrogens (tertiary/aromatic N) is 3. The molecule has 4 nitrogen and oxygen atoms in total. The molecule has 0 aliphatic carbocycles. The summed E-state index contributed by atoms with van der Waals surface area (Å²) in [6.45, 7) is 0.730. The van der Waals surface area contributed by atoms with Crippen molar-refractivity contribution in [2.45, 2.75) is 6.54 Å². The van der Waals surface area contributed by atoms with Crippen LogP contribution in [0.1, 0.15) is 17.1 Å². The Morgan fingerprint density at radius 3 is 2.59 bits per heavy atom. The zero-order valence-corrected chi connectivity index (χ0v) is 16.4. The van der Waals surface area contributed by atoms with Gasteiger partial charge in [-0.05, 0) is 57.9 Å². The van der Waals surface area contributed by atoms with Gasteiger partial charge in [0.2, 0.25) is 0 Å². The van der Waals surface area contributed by atoms with E-state index in [0.29, 0.717) is 0 Å². The molecule has 134 valence electrons. The third-order valence-electron chi connectivity index (χ3n) is 4.31. The number of imidazole rings is 1. The third kappa shape index (κ3) is 4.09. The quantitative estimate of drug-likeness (QED) is 0.433. The first-order valence-electron chi connectivity index (χ1n) is 8.61. The lowest BCUT2D eigenvalue weighted by atomic mass is 10.2. The first-order valence-corrected chi connectivity index (χ1v) is 9.40. The molecule has 4 aromatic rings. The van der Waals surface area contributed by atoms with Gasteiger partial charge in [0.05, 0.1) is 18.3 Å². The molecule has 27 heavy (non-hydrogen) atoms. The standard InChI is InChI=1S/C22H18BrN3O/c1-27-19-11-6-16(7-12-19)14-26-15-21(23)25-22(26)13-10-18-9-8-17-4-2-3-5-20(17)24-18/h2-13,15H,14H2,1H3/b13-10+. The molecular weight excluding hydrogens is 402 g/mol. The molecule has 2 heterocycles. The highest BCUT2D eigenvalue weighted by molar-refractivity contribution is 9.10. The molecule has 0 unspecified atom stereocenters. The van der Waals surface area contributed by atoms with Gasteiger partial charge in [0.25, 0.3) is 0 Å². The second-order valence-corrected chi connectivity index (χ2v) is 6.97. The minimum absolute atomic E-state index is 0.730. The lowest BCUT2D eigenvalue weighted by Gasteiger charge is -2.06. The molecule has 0 fully saturated rings. The lowest BCUT2D eigenvalue weighted by Crippen LogP contribution is -2.01. The second-order valence-electron chi connectivity index (χ2n) is 6.16. The molecule has 0 aliphatic rings. The number of para-hydroxylation sites is 1. The van der Waals surface area contributed by atoms with Crippen LogP contribution in [0.2, 0.25) is 0 Å². The molecule has 0 amide bonds. The predicted molar refractivity (Wildman–Crippen MR) is 113 cm³/mol. The molecule has 2 aromatic carbocycles. The van der Waals surface area contributed by atoms with Crippen LogP contribution in [0.4, 0.5) is 0 Å². The van der Waals surface area contributed by atoms with E-state index in [2.05, 4.69) is 54.7 Å². The maximum Gasteiger partial charge on any atom is 0.134 e. The molecule has 0 bridgehead atoms. The number of ether oxygens (including phenoxy) is 1. The van der Waals surface area contributed by atoms with E-state index in [-0.39, 0.29) is 0 Å². The average Bonchev–Trinajstić information content (AvgIpc) is 3.06. The smallest absolute Gasteiger partial charge is 0.134 e. The number of halogens is 1. The van der Waals surface area contributed by atoms with Crippen molar-refractivity contribution in [3.63, 3.8) is 0 Å². The van der Waals surface area contributed by atoms with E-state index in [1.807, 2.05) is 54.7 Å². The Hall–Kier alpha value is -2.92. The maximum absolute atomic E-state index is 5.22.